The van der Waals surface area contributed by atoms with Gasteiger partial charge >= 0.3 is 0 Å². The fourth-order valence-electron chi connectivity index (χ4n) is 1.22. The Balaban J connectivity index is 2.53. The second kappa shape index (κ2) is 3.05. The molecule has 13 heavy (non-hydrogen) atoms. The topological polar surface area (TPSA) is 39.9 Å². The zero-order valence-corrected chi connectivity index (χ0v) is 7.69. The van der Waals surface area contributed by atoms with E-state index in [1.54, 1.807) is 6.33 Å². The number of pyridine rings is 1. The average Bonchev–Trinajstić information content (AvgIpc) is 2.49. The smallest absolute Gasteiger partial charge is 0.215 e. The maximum Gasteiger partial charge on any atom is 0.215 e. The number of ether oxygens (including phenoxy) is 1. The third-order valence-electron chi connectivity index (χ3n) is 1.83. The summed E-state index contributed by atoms with van der Waals surface area (Å²) in [5.41, 5.74) is 1.75. The average molecular weight is 177 g/mol. The van der Waals surface area contributed by atoms with Gasteiger partial charge < -0.3 is 9.30 Å². The van der Waals surface area contributed by atoms with E-state index in [9.17, 15) is 0 Å². The Bertz CT molecular complexity index is 422. The van der Waals surface area contributed by atoms with Gasteiger partial charge in [-0.1, -0.05) is 0 Å². The van der Waals surface area contributed by atoms with Crippen molar-refractivity contribution in [3.05, 3.63) is 18.5 Å². The number of fused-ring (bicyclic) bond motifs is 1. The van der Waals surface area contributed by atoms with E-state index in [2.05, 4.69) is 9.97 Å². The van der Waals surface area contributed by atoms with Gasteiger partial charge in [-0.25, -0.2) is 4.98 Å². The van der Waals surface area contributed by atoms with Gasteiger partial charge in [0.05, 0.1) is 12.9 Å². The second-order valence-corrected chi connectivity index (χ2v) is 2.78. The quantitative estimate of drug-likeness (QED) is 0.695. The van der Waals surface area contributed by atoms with E-state index in [0.29, 0.717) is 12.5 Å². The molecular weight excluding hydrogens is 166 g/mol. The van der Waals surface area contributed by atoms with Crippen LogP contribution in [0, 0.1) is 0 Å². The van der Waals surface area contributed by atoms with Crippen molar-refractivity contribution in [1.29, 1.82) is 0 Å². The molecule has 0 aromatic carbocycles. The second-order valence-electron chi connectivity index (χ2n) is 2.78. The van der Waals surface area contributed by atoms with E-state index in [1.807, 2.05) is 30.7 Å². The summed E-state index contributed by atoms with van der Waals surface area (Å²) in [7, 11) is 1.91. The molecular formula is C9H11N3O. The lowest BCUT2D eigenvalue weighted by molar-refractivity contribution is 0.328. The largest absolute Gasteiger partial charge is 0.478 e. The highest BCUT2D eigenvalue weighted by atomic mass is 16.5. The molecule has 4 nitrogen and oxygen atoms in total. The van der Waals surface area contributed by atoms with Crippen LogP contribution in [0.3, 0.4) is 0 Å². The van der Waals surface area contributed by atoms with Crippen LogP contribution in [0.1, 0.15) is 6.92 Å². The Hall–Kier alpha value is -1.58. The maximum atomic E-state index is 5.29. The van der Waals surface area contributed by atoms with Crippen molar-refractivity contribution in [2.45, 2.75) is 6.92 Å². The predicted molar refractivity (Wildman–Crippen MR) is 49.7 cm³/mol. The van der Waals surface area contributed by atoms with Gasteiger partial charge in [-0.05, 0) is 13.0 Å². The van der Waals surface area contributed by atoms with Crippen LogP contribution >= 0.6 is 0 Å². The van der Waals surface area contributed by atoms with Crippen LogP contribution in [0.5, 0.6) is 5.88 Å². The summed E-state index contributed by atoms with van der Waals surface area (Å²) in [5.74, 6) is 0.651. The van der Waals surface area contributed by atoms with Crippen molar-refractivity contribution >= 4 is 11.2 Å². The molecule has 2 heterocycles. The first kappa shape index (κ1) is 8.04. The molecule has 0 N–H and O–H groups in total. The third-order valence-corrected chi connectivity index (χ3v) is 1.83. The first-order valence-corrected chi connectivity index (χ1v) is 4.22. The zero-order chi connectivity index (χ0) is 9.26. The summed E-state index contributed by atoms with van der Waals surface area (Å²) < 4.78 is 7.16. The summed E-state index contributed by atoms with van der Waals surface area (Å²) >= 11 is 0. The lowest BCUT2D eigenvalue weighted by atomic mass is 10.4. The number of aromatic nitrogens is 3. The van der Waals surface area contributed by atoms with E-state index in [0.717, 1.165) is 11.2 Å². The van der Waals surface area contributed by atoms with Crippen LogP contribution in [0.2, 0.25) is 0 Å². The number of hydrogen-bond acceptors (Lipinski definition) is 3. The molecule has 0 fully saturated rings. The van der Waals surface area contributed by atoms with Gasteiger partial charge in [0.15, 0.2) is 5.65 Å². The standard InChI is InChI=1S/C9H11N3O/c1-3-13-8-5-4-7-9(11-8)12(2)6-10-7/h4-6H,3H2,1-2H3. The van der Waals surface area contributed by atoms with Crippen LogP contribution in [0.4, 0.5) is 0 Å². The van der Waals surface area contributed by atoms with Gasteiger partial charge in [0.1, 0.15) is 5.52 Å². The Morgan fingerprint density at radius 3 is 3.08 bits per heavy atom. The van der Waals surface area contributed by atoms with E-state index >= 15 is 0 Å². The number of hydrogen-bond donors (Lipinski definition) is 0. The molecule has 0 atom stereocenters. The minimum atomic E-state index is 0.635. The van der Waals surface area contributed by atoms with Crippen LogP contribution < -0.4 is 4.74 Å². The van der Waals surface area contributed by atoms with Gasteiger partial charge in [0, 0.05) is 13.1 Å². The molecule has 0 saturated carbocycles. The molecule has 0 aliphatic heterocycles. The molecule has 68 valence electrons. The molecule has 2 aromatic rings. The normalized spacial score (nSPS) is 10.6. The summed E-state index contributed by atoms with van der Waals surface area (Å²) in [6.45, 7) is 2.57. The van der Waals surface area contributed by atoms with Gasteiger partial charge in [-0.3, -0.25) is 0 Å². The predicted octanol–water partition coefficient (Wildman–Crippen LogP) is 1.37. The number of nitrogens with zero attached hydrogens (tertiary/aromatic N) is 3. The van der Waals surface area contributed by atoms with Gasteiger partial charge in [-0.15, -0.1) is 0 Å². The van der Waals surface area contributed by atoms with Crippen molar-refractivity contribution in [2.24, 2.45) is 7.05 Å². The zero-order valence-electron chi connectivity index (χ0n) is 7.69. The number of aryl methyl sites for hydroxylation is 1. The fraction of sp³-hybridized carbons (Fsp3) is 0.333. The molecule has 0 bridgehead atoms. The van der Waals surface area contributed by atoms with E-state index in [1.165, 1.54) is 0 Å². The molecule has 0 spiro atoms. The van der Waals surface area contributed by atoms with Crippen LogP contribution in [0.25, 0.3) is 11.2 Å². The molecule has 0 aliphatic carbocycles. The molecule has 0 aliphatic rings. The summed E-state index contributed by atoms with van der Waals surface area (Å²) in [5, 5.41) is 0. The Kier molecular flexibility index (Phi) is 1.88. The monoisotopic (exact) mass is 177 g/mol. The first-order chi connectivity index (χ1) is 6.31. The molecule has 4 heteroatoms. The highest BCUT2D eigenvalue weighted by Gasteiger charge is 2.02. The Morgan fingerprint density at radius 2 is 2.31 bits per heavy atom. The molecule has 2 rings (SSSR count). The molecule has 0 unspecified atom stereocenters. The van der Waals surface area contributed by atoms with E-state index in [-0.39, 0.29) is 0 Å². The summed E-state index contributed by atoms with van der Waals surface area (Å²) in [6, 6.07) is 3.74. The molecule has 0 saturated heterocycles. The summed E-state index contributed by atoms with van der Waals surface area (Å²) in [6.07, 6.45) is 1.74. The lowest BCUT2D eigenvalue weighted by Crippen LogP contribution is -1.95. The van der Waals surface area contributed by atoms with Crippen molar-refractivity contribution in [3.63, 3.8) is 0 Å². The van der Waals surface area contributed by atoms with Crippen LogP contribution in [0.15, 0.2) is 18.5 Å². The van der Waals surface area contributed by atoms with Crippen molar-refractivity contribution < 1.29 is 4.74 Å². The minimum Gasteiger partial charge on any atom is -0.478 e. The van der Waals surface area contributed by atoms with Gasteiger partial charge in [0.2, 0.25) is 5.88 Å². The van der Waals surface area contributed by atoms with Crippen molar-refractivity contribution in [1.82, 2.24) is 14.5 Å². The Labute approximate surface area is 76.2 Å². The minimum absolute atomic E-state index is 0.635. The maximum absolute atomic E-state index is 5.29. The molecule has 0 amide bonds. The van der Waals surface area contributed by atoms with Crippen molar-refractivity contribution in [2.75, 3.05) is 6.61 Å². The highest BCUT2D eigenvalue weighted by molar-refractivity contribution is 5.71. The molecule has 2 aromatic heterocycles. The van der Waals surface area contributed by atoms with Crippen LogP contribution in [-0.4, -0.2) is 21.1 Å². The lowest BCUT2D eigenvalue weighted by Gasteiger charge is -2.01. The first-order valence-electron chi connectivity index (χ1n) is 4.22. The number of imidazole rings is 1. The SMILES string of the molecule is CCOc1ccc2ncn(C)c2n1. The van der Waals surface area contributed by atoms with E-state index < -0.39 is 0 Å². The Morgan fingerprint density at radius 1 is 1.46 bits per heavy atom. The van der Waals surface area contributed by atoms with Crippen molar-refractivity contribution in [3.8, 4) is 5.88 Å². The van der Waals surface area contributed by atoms with Gasteiger partial charge in [0.25, 0.3) is 0 Å². The highest BCUT2D eigenvalue weighted by Crippen LogP contribution is 2.14. The van der Waals surface area contributed by atoms with Gasteiger partial charge in [-0.2, -0.15) is 4.98 Å². The van der Waals surface area contributed by atoms with E-state index in [4.69, 9.17) is 4.74 Å². The third kappa shape index (κ3) is 1.35. The fourth-order valence-corrected chi connectivity index (χ4v) is 1.22. The number of rotatable bonds is 2. The molecule has 0 radical (unpaired) electrons. The summed E-state index contributed by atoms with van der Waals surface area (Å²) in [4.78, 5) is 8.47. The van der Waals surface area contributed by atoms with Crippen LogP contribution in [-0.2, 0) is 7.05 Å².